The lowest BCUT2D eigenvalue weighted by Gasteiger charge is -2.16. The Bertz CT molecular complexity index is 796. The maximum absolute atomic E-state index is 11.8. The van der Waals surface area contributed by atoms with Gasteiger partial charge in [0.25, 0.3) is 0 Å². The van der Waals surface area contributed by atoms with E-state index in [9.17, 15) is 8.42 Å². The molecule has 0 saturated carbocycles. The average Bonchev–Trinajstić information content (AvgIpc) is 2.45. The van der Waals surface area contributed by atoms with Crippen LogP contribution in [-0.2, 0) is 9.84 Å². The van der Waals surface area contributed by atoms with Crippen LogP contribution in [0.25, 0.3) is 11.1 Å². The molecule has 0 unspecified atom stereocenters. The number of ether oxygens (including phenoxy) is 1. The van der Waals surface area contributed by atoms with Gasteiger partial charge in [-0.2, -0.15) is 0 Å². The molecule has 4 nitrogen and oxygen atoms in total. The number of rotatable bonds is 4. The van der Waals surface area contributed by atoms with Crippen LogP contribution in [0.15, 0.2) is 35.4 Å². The van der Waals surface area contributed by atoms with Crippen molar-refractivity contribution in [2.24, 2.45) is 0 Å². The maximum atomic E-state index is 11.8. The summed E-state index contributed by atoms with van der Waals surface area (Å²) in [5, 5.41) is 0. The highest BCUT2D eigenvalue weighted by Crippen LogP contribution is 2.36. The Labute approximate surface area is 132 Å². The number of nitrogens with zero attached hydrogens (tertiary/aromatic N) is 1. The van der Waals surface area contributed by atoms with Gasteiger partial charge in [0.15, 0.2) is 9.84 Å². The fourth-order valence-electron chi connectivity index (χ4n) is 2.39. The van der Waals surface area contributed by atoms with Gasteiger partial charge in [-0.15, -0.1) is 0 Å². The quantitative estimate of drug-likeness (QED) is 0.864. The number of aryl methyl sites for hydroxylation is 1. The van der Waals surface area contributed by atoms with E-state index in [1.807, 2.05) is 19.2 Å². The highest BCUT2D eigenvalue weighted by molar-refractivity contribution is 7.90. The highest BCUT2D eigenvalue weighted by atomic mass is 32.2. The van der Waals surface area contributed by atoms with Crippen LogP contribution in [0.4, 0.5) is 0 Å². The van der Waals surface area contributed by atoms with E-state index in [4.69, 9.17) is 4.74 Å². The van der Waals surface area contributed by atoms with E-state index >= 15 is 0 Å². The molecule has 5 heteroatoms. The third-order valence-electron chi connectivity index (χ3n) is 3.58. The summed E-state index contributed by atoms with van der Waals surface area (Å²) >= 11 is 0. The van der Waals surface area contributed by atoms with Crippen molar-refractivity contribution in [3.63, 3.8) is 0 Å². The van der Waals surface area contributed by atoms with Gasteiger partial charge in [-0.25, -0.2) is 8.42 Å². The second-order valence-electron chi connectivity index (χ2n) is 5.70. The van der Waals surface area contributed by atoms with Gasteiger partial charge in [0.05, 0.1) is 12.0 Å². The van der Waals surface area contributed by atoms with Crippen LogP contribution in [-0.4, -0.2) is 26.8 Å². The molecule has 1 aromatic heterocycles. The van der Waals surface area contributed by atoms with E-state index in [-0.39, 0.29) is 10.8 Å². The van der Waals surface area contributed by atoms with Gasteiger partial charge >= 0.3 is 0 Å². The first-order valence-electron chi connectivity index (χ1n) is 7.09. The van der Waals surface area contributed by atoms with Crippen molar-refractivity contribution in [3.8, 4) is 16.9 Å². The van der Waals surface area contributed by atoms with E-state index in [0.29, 0.717) is 5.75 Å². The summed E-state index contributed by atoms with van der Waals surface area (Å²) in [5.74, 6) is 0.926. The second-order valence-corrected chi connectivity index (χ2v) is 7.72. The van der Waals surface area contributed by atoms with Gasteiger partial charge in [0, 0.05) is 23.7 Å². The van der Waals surface area contributed by atoms with Gasteiger partial charge < -0.3 is 4.74 Å². The van der Waals surface area contributed by atoms with Crippen LogP contribution in [0, 0.1) is 6.92 Å². The lowest BCUT2D eigenvalue weighted by Crippen LogP contribution is -2.01. The van der Waals surface area contributed by atoms with Crippen LogP contribution in [0.1, 0.15) is 31.0 Å². The lowest BCUT2D eigenvalue weighted by molar-refractivity contribution is 0.416. The summed E-state index contributed by atoms with van der Waals surface area (Å²) in [5.41, 5.74) is 3.69. The van der Waals surface area contributed by atoms with Gasteiger partial charge in [0.2, 0.25) is 0 Å². The predicted octanol–water partition coefficient (Wildman–Crippen LogP) is 3.59. The molecule has 1 aromatic carbocycles. The normalized spacial score (nSPS) is 11.7. The first kappa shape index (κ1) is 16.5. The number of benzene rings is 1. The Balaban J connectivity index is 2.78. The second kappa shape index (κ2) is 6.08. The summed E-state index contributed by atoms with van der Waals surface area (Å²) in [6, 6.07) is 6.92. The zero-order valence-corrected chi connectivity index (χ0v) is 14.4. The summed E-state index contributed by atoms with van der Waals surface area (Å²) in [6.07, 6.45) is 3.06. The van der Waals surface area contributed by atoms with Gasteiger partial charge in [-0.3, -0.25) is 4.98 Å². The molecule has 2 rings (SSSR count). The maximum Gasteiger partial charge on any atom is 0.175 e. The molecule has 0 spiro atoms. The molecule has 0 aliphatic heterocycles. The first-order chi connectivity index (χ1) is 10.2. The Kier molecular flexibility index (Phi) is 4.56. The smallest absolute Gasteiger partial charge is 0.175 e. The molecule has 0 atom stereocenters. The summed E-state index contributed by atoms with van der Waals surface area (Å²) < 4.78 is 29.1. The Morgan fingerprint density at radius 3 is 2.36 bits per heavy atom. The molecular weight excluding hydrogens is 298 g/mol. The zero-order chi connectivity index (χ0) is 16.5. The number of hydrogen-bond acceptors (Lipinski definition) is 4. The molecule has 0 aliphatic rings. The summed E-state index contributed by atoms with van der Waals surface area (Å²) in [7, 11) is -1.69. The predicted molar refractivity (Wildman–Crippen MR) is 88.2 cm³/mol. The van der Waals surface area contributed by atoms with Crippen LogP contribution in [0.5, 0.6) is 5.75 Å². The van der Waals surface area contributed by atoms with Crippen molar-refractivity contribution in [2.75, 3.05) is 13.4 Å². The Morgan fingerprint density at radius 2 is 1.82 bits per heavy atom. The summed E-state index contributed by atoms with van der Waals surface area (Å²) in [6.45, 7) is 6.09. The van der Waals surface area contributed by atoms with Gasteiger partial charge in [-0.1, -0.05) is 13.8 Å². The van der Waals surface area contributed by atoms with Gasteiger partial charge in [-0.05, 0) is 48.2 Å². The number of methoxy groups -OCH3 is 1. The van der Waals surface area contributed by atoms with E-state index < -0.39 is 9.84 Å². The monoisotopic (exact) mass is 319 g/mol. The molecule has 1 heterocycles. The summed E-state index contributed by atoms with van der Waals surface area (Å²) in [4.78, 5) is 4.64. The molecule has 0 radical (unpaired) electrons. The van der Waals surface area contributed by atoms with Crippen LogP contribution in [0.3, 0.4) is 0 Å². The number of pyridine rings is 1. The number of aromatic nitrogens is 1. The average molecular weight is 319 g/mol. The van der Waals surface area contributed by atoms with Crippen LogP contribution < -0.4 is 4.74 Å². The zero-order valence-electron chi connectivity index (χ0n) is 13.5. The van der Waals surface area contributed by atoms with Gasteiger partial charge in [0.1, 0.15) is 5.75 Å². The molecule has 0 N–H and O–H groups in total. The third-order valence-corrected chi connectivity index (χ3v) is 4.69. The van der Waals surface area contributed by atoms with E-state index in [0.717, 1.165) is 22.4 Å². The molecule has 118 valence electrons. The molecule has 0 fully saturated rings. The Morgan fingerprint density at radius 1 is 1.14 bits per heavy atom. The number of hydrogen-bond donors (Lipinski definition) is 0. The Hall–Kier alpha value is -1.88. The van der Waals surface area contributed by atoms with Crippen molar-refractivity contribution in [1.29, 1.82) is 0 Å². The third kappa shape index (κ3) is 3.30. The molecular formula is C17H21NO3S. The molecule has 0 amide bonds. The minimum atomic E-state index is -3.27. The van der Waals surface area contributed by atoms with E-state index in [2.05, 4.69) is 18.8 Å². The van der Waals surface area contributed by atoms with Crippen molar-refractivity contribution in [1.82, 2.24) is 4.98 Å². The molecule has 2 aromatic rings. The fourth-order valence-corrected chi connectivity index (χ4v) is 3.04. The molecule has 0 aliphatic carbocycles. The molecule has 0 bridgehead atoms. The highest BCUT2D eigenvalue weighted by Gasteiger charge is 2.17. The minimum absolute atomic E-state index is 0.273. The van der Waals surface area contributed by atoms with Crippen molar-refractivity contribution in [3.05, 3.63) is 41.7 Å². The topological polar surface area (TPSA) is 56.3 Å². The van der Waals surface area contributed by atoms with Crippen LogP contribution >= 0.6 is 0 Å². The van der Waals surface area contributed by atoms with Crippen LogP contribution in [0.2, 0.25) is 0 Å². The molecule has 22 heavy (non-hydrogen) atoms. The van der Waals surface area contributed by atoms with Crippen molar-refractivity contribution >= 4 is 9.84 Å². The first-order valence-corrected chi connectivity index (χ1v) is 8.98. The largest absolute Gasteiger partial charge is 0.496 e. The van der Waals surface area contributed by atoms with Crippen molar-refractivity contribution in [2.45, 2.75) is 31.6 Å². The minimum Gasteiger partial charge on any atom is -0.496 e. The van der Waals surface area contributed by atoms with Crippen molar-refractivity contribution < 1.29 is 13.2 Å². The number of sulfone groups is 1. The fraction of sp³-hybridized carbons (Fsp3) is 0.353. The standard InChI is InChI=1S/C17H21NO3S/c1-11(2)16-10-18-12(3)8-14(16)15-9-13(22(5,19)20)6-7-17(15)21-4/h6-11H,1-5H3. The molecule has 0 saturated heterocycles. The van der Waals surface area contributed by atoms with E-state index in [1.54, 1.807) is 25.3 Å². The lowest BCUT2D eigenvalue weighted by atomic mass is 9.93. The SMILES string of the molecule is COc1ccc(S(C)(=O)=O)cc1-c1cc(C)ncc1C(C)C. The van der Waals surface area contributed by atoms with E-state index in [1.165, 1.54) is 6.26 Å².